The molecule has 11 aromatic carbocycles. The Morgan fingerprint density at radius 3 is 1.16 bits per heavy atom. The molecule has 12 rings (SSSR count). The van der Waals surface area contributed by atoms with Crippen molar-refractivity contribution < 1.29 is 0 Å². The van der Waals surface area contributed by atoms with Gasteiger partial charge in [-0.2, -0.15) is 0 Å². The van der Waals surface area contributed by atoms with Gasteiger partial charge in [-0.15, -0.1) is 0 Å². The van der Waals surface area contributed by atoms with Crippen molar-refractivity contribution in [2.45, 2.75) is 0 Å². The van der Waals surface area contributed by atoms with Crippen molar-refractivity contribution in [2.75, 3.05) is 9.80 Å². The summed E-state index contributed by atoms with van der Waals surface area (Å²) in [6.07, 6.45) is 0. The molecule has 1 aliphatic rings. The maximum absolute atomic E-state index is 2.87. The number of fused-ring (bicyclic) bond motifs is 2. The Morgan fingerprint density at radius 2 is 0.623 bits per heavy atom. The molecule has 1 aliphatic heterocycles. The summed E-state index contributed by atoms with van der Waals surface area (Å²) in [6, 6.07) is 107. The van der Waals surface area contributed by atoms with Gasteiger partial charge in [0.05, 0.1) is 0 Å². The van der Waals surface area contributed by atoms with E-state index in [1.54, 1.807) is 0 Å². The van der Waals surface area contributed by atoms with E-state index in [0.29, 0.717) is 0 Å². The van der Waals surface area contributed by atoms with Crippen molar-refractivity contribution in [2.24, 2.45) is 0 Å². The third-order valence-electron chi connectivity index (χ3n) is 13.7. The summed E-state index contributed by atoms with van der Waals surface area (Å²) >= 11 is 0. The number of para-hydroxylation sites is 2. The van der Waals surface area contributed by atoms with Crippen LogP contribution in [-0.2, 0) is 0 Å². The topological polar surface area (TPSA) is 6.48 Å². The summed E-state index contributed by atoms with van der Waals surface area (Å²) in [4.78, 5) is 4.85. The van der Waals surface area contributed by atoms with E-state index >= 15 is 0 Å². The molecule has 2 nitrogen and oxygen atoms in total. The first-order chi connectivity index (χ1) is 34.2. The molecule has 0 aliphatic carbocycles. The fraction of sp³-hybridized carbons (Fsp3) is 0. The van der Waals surface area contributed by atoms with Crippen molar-refractivity contribution in [1.29, 1.82) is 0 Å². The van der Waals surface area contributed by atoms with Crippen molar-refractivity contribution in [3.8, 4) is 44.5 Å². The molecule has 0 bridgehead atoms. The van der Waals surface area contributed by atoms with Crippen LogP contribution in [0.5, 0.6) is 0 Å². The standard InChI is InChI=1S/C66H48N2Si/c1-6-19-49(20-7-1)51-33-35-53(36-34-51)55-23-18-26-60(47-55)67(58-42-37-52(38-43-58)50-21-8-2-9-22-50)59-44-39-54(40-45-59)56-41-46-64-66(48-56)69(61-27-12-4-13-28-61,62-29-14-5-15-30-62)65-32-17-16-31-63(65)68(64)57-24-10-3-11-25-57/h1-48H. The average Bonchev–Trinajstić information content (AvgIpc) is 3.44. The normalized spacial score (nSPS) is 12.4. The van der Waals surface area contributed by atoms with Gasteiger partial charge in [-0.05, 0) is 126 Å². The zero-order valence-corrected chi connectivity index (χ0v) is 39.1. The first-order valence-electron chi connectivity index (χ1n) is 23.7. The molecule has 0 amide bonds. The van der Waals surface area contributed by atoms with Gasteiger partial charge in [-0.3, -0.25) is 0 Å². The van der Waals surface area contributed by atoms with Gasteiger partial charge in [0.25, 0.3) is 0 Å². The molecular formula is C66H48N2Si. The molecule has 0 spiro atoms. The number of hydrogen-bond donors (Lipinski definition) is 0. The highest BCUT2D eigenvalue weighted by molar-refractivity contribution is 7.21. The van der Waals surface area contributed by atoms with Gasteiger partial charge in [0.15, 0.2) is 8.07 Å². The minimum atomic E-state index is -2.87. The van der Waals surface area contributed by atoms with Gasteiger partial charge in [0.2, 0.25) is 0 Å². The molecule has 0 N–H and O–H groups in total. The lowest BCUT2D eigenvalue weighted by Crippen LogP contribution is -2.77. The minimum Gasteiger partial charge on any atom is -0.311 e. The quantitative estimate of drug-likeness (QED) is 0.126. The monoisotopic (exact) mass is 896 g/mol. The maximum Gasteiger partial charge on any atom is 0.184 e. The summed E-state index contributed by atoms with van der Waals surface area (Å²) in [5.74, 6) is 0. The third-order valence-corrected chi connectivity index (χ3v) is 18.6. The molecule has 69 heavy (non-hydrogen) atoms. The SMILES string of the molecule is c1ccc(-c2ccc(-c3cccc(N(c4ccc(-c5ccccc5)cc4)c4ccc(-c5ccc6c(c5)[Si](c5ccccc5)(c5ccccc5)c5ccccc5N6c5ccccc5)cc4)c3)cc2)cc1. The van der Waals surface area contributed by atoms with E-state index < -0.39 is 8.07 Å². The van der Waals surface area contributed by atoms with Gasteiger partial charge in [-0.1, -0.05) is 231 Å². The van der Waals surface area contributed by atoms with Gasteiger partial charge >= 0.3 is 0 Å². The molecule has 0 fully saturated rings. The highest BCUT2D eigenvalue weighted by Crippen LogP contribution is 2.42. The largest absolute Gasteiger partial charge is 0.311 e. The summed E-state index contributed by atoms with van der Waals surface area (Å²) in [7, 11) is -2.87. The molecule has 3 heteroatoms. The van der Waals surface area contributed by atoms with Crippen molar-refractivity contribution in [3.05, 3.63) is 291 Å². The lowest BCUT2D eigenvalue weighted by Gasteiger charge is -2.45. The van der Waals surface area contributed by atoms with Crippen molar-refractivity contribution >= 4 is 62.9 Å². The van der Waals surface area contributed by atoms with E-state index in [1.807, 2.05) is 0 Å². The van der Waals surface area contributed by atoms with Crippen LogP contribution in [0.2, 0.25) is 0 Å². The van der Waals surface area contributed by atoms with Crippen LogP contribution in [0, 0.1) is 0 Å². The van der Waals surface area contributed by atoms with Crippen LogP contribution in [0.4, 0.5) is 34.1 Å². The molecule has 1 heterocycles. The Bertz CT molecular complexity index is 3470. The molecule has 11 aromatic rings. The second kappa shape index (κ2) is 18.1. The Morgan fingerprint density at radius 1 is 0.246 bits per heavy atom. The van der Waals surface area contributed by atoms with Crippen LogP contribution >= 0.6 is 0 Å². The van der Waals surface area contributed by atoms with Crippen LogP contribution in [-0.4, -0.2) is 8.07 Å². The maximum atomic E-state index is 2.51. The van der Waals surface area contributed by atoms with Crippen molar-refractivity contribution in [3.63, 3.8) is 0 Å². The zero-order valence-electron chi connectivity index (χ0n) is 38.1. The van der Waals surface area contributed by atoms with Crippen LogP contribution in [0.1, 0.15) is 0 Å². The van der Waals surface area contributed by atoms with E-state index in [-0.39, 0.29) is 0 Å². The molecule has 326 valence electrons. The van der Waals surface area contributed by atoms with E-state index in [1.165, 1.54) is 76.6 Å². The van der Waals surface area contributed by atoms with Crippen LogP contribution in [0.3, 0.4) is 0 Å². The van der Waals surface area contributed by atoms with Gasteiger partial charge in [0, 0.05) is 34.1 Å². The summed E-state index contributed by atoms with van der Waals surface area (Å²) in [5, 5.41) is 5.49. The average molecular weight is 897 g/mol. The highest BCUT2D eigenvalue weighted by atomic mass is 28.3. The second-order valence-corrected chi connectivity index (χ2v) is 21.4. The van der Waals surface area contributed by atoms with Crippen LogP contribution in [0.15, 0.2) is 291 Å². The smallest absolute Gasteiger partial charge is 0.184 e. The third kappa shape index (κ3) is 7.65. The number of nitrogens with zero attached hydrogens (tertiary/aromatic N) is 2. The van der Waals surface area contributed by atoms with Gasteiger partial charge in [0.1, 0.15) is 0 Å². The zero-order chi connectivity index (χ0) is 46.0. The number of benzene rings is 11. The summed E-state index contributed by atoms with van der Waals surface area (Å²) in [5.41, 5.74) is 16.4. The molecular weight excluding hydrogens is 849 g/mol. The van der Waals surface area contributed by atoms with E-state index in [2.05, 4.69) is 301 Å². The van der Waals surface area contributed by atoms with E-state index in [9.17, 15) is 0 Å². The van der Waals surface area contributed by atoms with E-state index in [4.69, 9.17) is 0 Å². The van der Waals surface area contributed by atoms with Crippen LogP contribution in [0.25, 0.3) is 44.5 Å². The Labute approximate surface area is 406 Å². The number of rotatable bonds is 10. The first kappa shape index (κ1) is 41.7. The Kier molecular flexibility index (Phi) is 11.0. The molecule has 0 aromatic heterocycles. The van der Waals surface area contributed by atoms with Gasteiger partial charge < -0.3 is 9.80 Å². The predicted octanol–water partition coefficient (Wildman–Crippen LogP) is 15.0. The Hall–Kier alpha value is -8.76. The lowest BCUT2D eigenvalue weighted by molar-refractivity contribution is 1.28. The molecule has 0 saturated heterocycles. The lowest BCUT2D eigenvalue weighted by atomic mass is 9.99. The van der Waals surface area contributed by atoms with E-state index in [0.717, 1.165) is 22.7 Å². The minimum absolute atomic E-state index is 1.09. The fourth-order valence-electron chi connectivity index (χ4n) is 10.5. The number of anilines is 6. The van der Waals surface area contributed by atoms with Crippen molar-refractivity contribution in [1.82, 2.24) is 0 Å². The first-order valence-corrected chi connectivity index (χ1v) is 25.7. The highest BCUT2D eigenvalue weighted by Gasteiger charge is 2.49. The molecule has 0 atom stereocenters. The fourth-order valence-corrected chi connectivity index (χ4v) is 15.6. The molecule has 0 unspecified atom stereocenters. The molecule has 0 radical (unpaired) electrons. The van der Waals surface area contributed by atoms with Crippen LogP contribution < -0.4 is 30.5 Å². The summed E-state index contributed by atoms with van der Waals surface area (Å²) in [6.45, 7) is 0. The molecule has 0 saturated carbocycles. The number of hydrogen-bond acceptors (Lipinski definition) is 2. The predicted molar refractivity (Wildman–Crippen MR) is 295 cm³/mol. The Balaban J connectivity index is 0.982. The summed E-state index contributed by atoms with van der Waals surface area (Å²) < 4.78 is 0. The second-order valence-electron chi connectivity index (χ2n) is 17.7. The van der Waals surface area contributed by atoms with Gasteiger partial charge in [-0.25, -0.2) is 0 Å².